The minimum absolute atomic E-state index is 0.0218. The summed E-state index contributed by atoms with van der Waals surface area (Å²) in [4.78, 5) is 36.0. The van der Waals surface area contributed by atoms with Crippen LogP contribution in [0.2, 0.25) is 0 Å². The Hall–Kier alpha value is -2.88. The summed E-state index contributed by atoms with van der Waals surface area (Å²) in [6, 6.07) is 7.27. The second-order valence-electron chi connectivity index (χ2n) is 16.4. The molecule has 1 aromatic rings. The third-order valence-electron chi connectivity index (χ3n) is 13.7. The van der Waals surface area contributed by atoms with Gasteiger partial charge in [-0.3, -0.25) is 25.1 Å². The summed E-state index contributed by atoms with van der Waals surface area (Å²) < 4.78 is 21.5. The number of halogens is 1. The molecule has 4 unspecified atom stereocenters. The summed E-state index contributed by atoms with van der Waals surface area (Å²) in [5.41, 5.74) is 0.609. The highest BCUT2D eigenvalue weighted by Crippen LogP contribution is 2.54. The van der Waals surface area contributed by atoms with E-state index in [0.717, 1.165) is 49.9 Å². The molecule has 3 saturated heterocycles. The van der Waals surface area contributed by atoms with Crippen LogP contribution in [0, 0.1) is 34.4 Å². The molecule has 1 spiro atoms. The van der Waals surface area contributed by atoms with Gasteiger partial charge in [-0.05, 0) is 101 Å². The monoisotopic (exact) mass is 703 g/mol. The molecule has 0 radical (unpaired) electrons. The molecule has 278 valence electrons. The molecule has 11 heteroatoms. The fourth-order valence-corrected chi connectivity index (χ4v) is 11.1. The molecule has 7 atom stereocenters. The average molecular weight is 704 g/mol. The van der Waals surface area contributed by atoms with Crippen molar-refractivity contribution < 1.29 is 18.7 Å². The first-order valence-corrected chi connectivity index (χ1v) is 19.7. The molecule has 51 heavy (non-hydrogen) atoms. The second kappa shape index (κ2) is 15.2. The number of anilines is 1. The van der Waals surface area contributed by atoms with E-state index in [2.05, 4.69) is 40.1 Å². The number of carbonyl (C=O) groups excluding carboxylic acids is 2. The third kappa shape index (κ3) is 6.88. The summed E-state index contributed by atoms with van der Waals surface area (Å²) in [6.07, 6.45) is 14.5. The van der Waals surface area contributed by atoms with Crippen molar-refractivity contribution >= 4 is 17.5 Å². The van der Waals surface area contributed by atoms with E-state index in [1.807, 2.05) is 11.9 Å². The lowest BCUT2D eigenvalue weighted by Gasteiger charge is -2.64. The molecule has 2 N–H and O–H groups in total. The number of benzene rings is 1. The highest BCUT2D eigenvalue weighted by molar-refractivity contribution is 6.00. The summed E-state index contributed by atoms with van der Waals surface area (Å²) >= 11 is 0. The second-order valence-corrected chi connectivity index (χ2v) is 16.4. The summed E-state index contributed by atoms with van der Waals surface area (Å²) in [6.45, 7) is 7.26. The number of nitriles is 1. The molecular formula is C40H58FN7O3. The van der Waals surface area contributed by atoms with Crippen LogP contribution in [0.15, 0.2) is 30.9 Å². The molecule has 5 fully saturated rings. The van der Waals surface area contributed by atoms with E-state index in [1.165, 1.54) is 50.7 Å². The molecule has 2 saturated carbocycles. The van der Waals surface area contributed by atoms with Gasteiger partial charge < -0.3 is 19.4 Å². The van der Waals surface area contributed by atoms with Gasteiger partial charge in [0.25, 0.3) is 0 Å². The van der Waals surface area contributed by atoms with Crippen molar-refractivity contribution in [1.82, 2.24) is 25.3 Å². The summed E-state index contributed by atoms with van der Waals surface area (Å²) in [7, 11) is 4.01. The number of carbonyl (C=O) groups is 2. The van der Waals surface area contributed by atoms with Gasteiger partial charge in [-0.25, -0.2) is 4.39 Å². The molecule has 0 bridgehead atoms. The number of amides is 2. The van der Waals surface area contributed by atoms with E-state index >= 15 is 0 Å². The highest BCUT2D eigenvalue weighted by Gasteiger charge is 2.61. The number of nitrogens with one attached hydrogen (secondary N) is 2. The predicted octanol–water partition coefficient (Wildman–Crippen LogP) is 4.76. The van der Waals surface area contributed by atoms with Gasteiger partial charge in [-0.15, -0.1) is 0 Å². The van der Waals surface area contributed by atoms with E-state index in [0.29, 0.717) is 51.0 Å². The van der Waals surface area contributed by atoms with Crippen molar-refractivity contribution in [2.45, 2.75) is 120 Å². The van der Waals surface area contributed by atoms with Crippen molar-refractivity contribution in [3.63, 3.8) is 0 Å². The Morgan fingerprint density at radius 3 is 2.59 bits per heavy atom. The molecule has 2 amide bonds. The Balaban J connectivity index is 1.27. The Kier molecular flexibility index (Phi) is 10.9. The number of nitrogens with zero attached hydrogens (tertiary/aromatic N) is 5. The topological polar surface area (TPSA) is 104 Å². The molecule has 4 heterocycles. The molecule has 4 aliphatic heterocycles. The van der Waals surface area contributed by atoms with Gasteiger partial charge in [0.15, 0.2) is 6.35 Å². The van der Waals surface area contributed by atoms with Crippen LogP contribution in [0.5, 0.6) is 0 Å². The maximum absolute atomic E-state index is 14.6. The number of fused-ring (bicyclic) bond motifs is 2. The standard InChI is InChI=1S/C40H58FN7O3/c1-4-36(49)48-22-21-47(26-31(48)17-19-42)40(29-11-8-6-5-7-9-12-29)33-16-18-39(24-28-23-30(41)14-15-35(28)46(3)37(39)50)25-34(33)43-38(44-40)51-27-32-13-10-20-45(32)2/h4,14-15,23,29,31-34,38,43-44H,1,5-13,16-18,20-22,24-27H2,2-3H3/t31-,32-,33?,34?,38?,39+,40?/m1/s1. The predicted molar refractivity (Wildman–Crippen MR) is 195 cm³/mol. The van der Waals surface area contributed by atoms with Gasteiger partial charge in [-0.1, -0.05) is 38.7 Å². The number of rotatable bonds is 7. The number of piperazine rings is 1. The molecular weight excluding hydrogens is 645 g/mol. The average Bonchev–Trinajstić information content (AvgIpc) is 3.53. The minimum atomic E-state index is -0.637. The normalized spacial score (nSPS) is 35.5. The highest BCUT2D eigenvalue weighted by atomic mass is 19.1. The number of hydrogen-bond acceptors (Lipinski definition) is 8. The van der Waals surface area contributed by atoms with E-state index in [-0.39, 0.29) is 42.1 Å². The van der Waals surface area contributed by atoms with Crippen LogP contribution in [0.3, 0.4) is 0 Å². The molecule has 10 nitrogen and oxygen atoms in total. The van der Waals surface area contributed by atoms with E-state index in [9.17, 15) is 19.2 Å². The zero-order valence-corrected chi connectivity index (χ0v) is 30.8. The lowest BCUT2D eigenvalue weighted by Crippen LogP contribution is -2.82. The van der Waals surface area contributed by atoms with Crippen LogP contribution in [-0.2, 0) is 20.7 Å². The molecule has 2 aliphatic carbocycles. The van der Waals surface area contributed by atoms with Gasteiger partial charge >= 0.3 is 0 Å². The molecule has 1 aromatic carbocycles. The van der Waals surface area contributed by atoms with E-state index < -0.39 is 17.4 Å². The Bertz CT molecular complexity index is 1490. The first-order valence-electron chi connectivity index (χ1n) is 19.7. The van der Waals surface area contributed by atoms with Gasteiger partial charge in [-0.2, -0.15) is 5.26 Å². The van der Waals surface area contributed by atoms with Crippen molar-refractivity contribution in [3.8, 4) is 6.07 Å². The maximum atomic E-state index is 14.6. The van der Waals surface area contributed by atoms with Gasteiger partial charge in [0.2, 0.25) is 11.8 Å². The fraction of sp³-hybridized carbons (Fsp3) is 0.725. The van der Waals surface area contributed by atoms with Crippen LogP contribution >= 0.6 is 0 Å². The molecule has 7 rings (SSSR count). The third-order valence-corrected chi connectivity index (χ3v) is 13.7. The number of hydrogen-bond donors (Lipinski definition) is 2. The van der Waals surface area contributed by atoms with Crippen LogP contribution in [0.25, 0.3) is 0 Å². The number of ether oxygens (including phenoxy) is 1. The van der Waals surface area contributed by atoms with Crippen LogP contribution in [-0.4, -0.2) is 104 Å². The zero-order chi connectivity index (χ0) is 35.8. The van der Waals surface area contributed by atoms with Crippen LogP contribution < -0.4 is 15.5 Å². The Labute approximate surface area is 303 Å². The lowest BCUT2D eigenvalue weighted by atomic mass is 9.57. The smallest absolute Gasteiger partial charge is 0.246 e. The van der Waals surface area contributed by atoms with Crippen molar-refractivity contribution in [2.24, 2.45) is 17.3 Å². The Morgan fingerprint density at radius 1 is 1.08 bits per heavy atom. The van der Waals surface area contributed by atoms with E-state index in [4.69, 9.17) is 4.74 Å². The minimum Gasteiger partial charge on any atom is -0.348 e. The summed E-state index contributed by atoms with van der Waals surface area (Å²) in [5, 5.41) is 18.0. The van der Waals surface area contributed by atoms with E-state index in [1.54, 1.807) is 17.0 Å². The van der Waals surface area contributed by atoms with Crippen molar-refractivity contribution in [3.05, 3.63) is 42.2 Å². The first-order chi connectivity index (χ1) is 24.7. The lowest BCUT2D eigenvalue weighted by molar-refractivity contribution is -0.188. The summed E-state index contributed by atoms with van der Waals surface area (Å²) in [5.74, 6) is 0.232. The number of likely N-dealkylation sites (tertiary alicyclic amines) is 1. The first kappa shape index (κ1) is 36.5. The number of likely N-dealkylation sites (N-methyl/N-ethyl adjacent to an activating group) is 1. The zero-order valence-electron chi connectivity index (χ0n) is 30.8. The maximum Gasteiger partial charge on any atom is 0.246 e. The quantitative estimate of drug-likeness (QED) is 0.393. The SMILES string of the molecule is C=CC(=O)N1CCN(C2(C3CCCCCCC3)NC(OC[C@H]3CCCN3C)NC3C[C@]4(CCC32)Cc2cc(F)ccc2N(C)C4=O)C[C@H]1CC#N. The van der Waals surface area contributed by atoms with Gasteiger partial charge in [0, 0.05) is 50.4 Å². The van der Waals surface area contributed by atoms with Crippen molar-refractivity contribution in [2.75, 3.05) is 51.8 Å². The molecule has 6 aliphatic rings. The van der Waals surface area contributed by atoms with Crippen LogP contribution in [0.1, 0.15) is 89.0 Å². The van der Waals surface area contributed by atoms with Crippen LogP contribution in [0.4, 0.5) is 10.1 Å². The fourth-order valence-electron chi connectivity index (χ4n) is 11.1. The molecule has 0 aromatic heterocycles. The van der Waals surface area contributed by atoms with Crippen molar-refractivity contribution in [1.29, 1.82) is 5.26 Å². The largest absolute Gasteiger partial charge is 0.348 e. The Morgan fingerprint density at radius 2 is 1.86 bits per heavy atom. The van der Waals surface area contributed by atoms with Gasteiger partial charge in [0.05, 0.1) is 36.2 Å². The van der Waals surface area contributed by atoms with Gasteiger partial charge in [0.1, 0.15) is 5.82 Å².